The minimum atomic E-state index is -0.247. The summed E-state index contributed by atoms with van der Waals surface area (Å²) in [4.78, 5) is 9.09. The zero-order valence-electron chi connectivity index (χ0n) is 16.7. The van der Waals surface area contributed by atoms with E-state index in [1.165, 1.54) is 25.0 Å². The maximum absolute atomic E-state index is 13.4. The van der Waals surface area contributed by atoms with Gasteiger partial charge in [0.1, 0.15) is 17.5 Å². The molecular formula is C23H25ClFN5. The lowest BCUT2D eigenvalue weighted by atomic mass is 10.00. The summed E-state index contributed by atoms with van der Waals surface area (Å²) in [6.45, 7) is 3.51. The summed E-state index contributed by atoms with van der Waals surface area (Å²) in [7, 11) is 0. The Bertz CT molecular complexity index is 991. The van der Waals surface area contributed by atoms with Crippen LogP contribution >= 0.6 is 11.6 Å². The first-order valence-corrected chi connectivity index (χ1v) is 10.6. The zero-order chi connectivity index (χ0) is 20.8. The van der Waals surface area contributed by atoms with Crippen LogP contribution in [0.2, 0.25) is 5.02 Å². The second-order valence-corrected chi connectivity index (χ2v) is 7.94. The van der Waals surface area contributed by atoms with Crippen molar-refractivity contribution < 1.29 is 4.39 Å². The normalized spacial score (nSPS) is 16.3. The molecule has 0 aliphatic carbocycles. The van der Waals surface area contributed by atoms with Crippen LogP contribution in [0.4, 0.5) is 16.0 Å². The summed E-state index contributed by atoms with van der Waals surface area (Å²) in [5.41, 5.74) is 2.44. The van der Waals surface area contributed by atoms with Crippen molar-refractivity contribution in [3.8, 4) is 11.3 Å². The molecule has 3 N–H and O–H groups in total. The SMILES string of the molecule is Fc1cccc(CNc2cccc(-c3cc(NC[C@H]4CCCNC4)ncc3Cl)n2)c1. The van der Waals surface area contributed by atoms with Gasteiger partial charge >= 0.3 is 0 Å². The van der Waals surface area contributed by atoms with Crippen molar-refractivity contribution in [2.75, 3.05) is 30.3 Å². The molecule has 3 aromatic rings. The number of benzene rings is 1. The third-order valence-electron chi connectivity index (χ3n) is 5.21. The lowest BCUT2D eigenvalue weighted by Crippen LogP contribution is -2.33. The smallest absolute Gasteiger partial charge is 0.126 e. The third-order valence-corrected chi connectivity index (χ3v) is 5.52. The standard InChI is InChI=1S/C23H25ClFN5/c24-20-15-29-23(28-14-17-5-3-9-26-12-17)11-19(20)21-7-2-8-22(30-21)27-13-16-4-1-6-18(25)10-16/h1-2,4,6-8,10-11,15,17,26H,3,5,9,12-14H2,(H,27,30)(H,28,29)/t17-/m0/s1. The van der Waals surface area contributed by atoms with Crippen molar-refractivity contribution in [3.63, 3.8) is 0 Å². The average Bonchev–Trinajstić information content (AvgIpc) is 2.78. The van der Waals surface area contributed by atoms with Gasteiger partial charge < -0.3 is 16.0 Å². The zero-order valence-corrected chi connectivity index (χ0v) is 17.4. The van der Waals surface area contributed by atoms with Crippen LogP contribution in [-0.4, -0.2) is 29.6 Å². The van der Waals surface area contributed by atoms with Crippen molar-refractivity contribution in [2.24, 2.45) is 5.92 Å². The Morgan fingerprint density at radius 2 is 2.00 bits per heavy atom. The number of anilines is 2. The highest BCUT2D eigenvalue weighted by molar-refractivity contribution is 6.33. The van der Waals surface area contributed by atoms with Crippen molar-refractivity contribution in [3.05, 3.63) is 71.1 Å². The van der Waals surface area contributed by atoms with Crippen LogP contribution in [0, 0.1) is 11.7 Å². The molecule has 1 saturated heterocycles. The molecule has 5 nitrogen and oxygen atoms in total. The number of piperidine rings is 1. The van der Waals surface area contributed by atoms with Crippen LogP contribution < -0.4 is 16.0 Å². The molecule has 0 amide bonds. The van der Waals surface area contributed by atoms with Crippen molar-refractivity contribution in [2.45, 2.75) is 19.4 Å². The number of halogens is 2. The minimum Gasteiger partial charge on any atom is -0.370 e. The first-order valence-electron chi connectivity index (χ1n) is 10.2. The maximum Gasteiger partial charge on any atom is 0.126 e. The first kappa shape index (κ1) is 20.6. The van der Waals surface area contributed by atoms with E-state index in [1.54, 1.807) is 12.3 Å². The number of aromatic nitrogens is 2. The summed E-state index contributed by atoms with van der Waals surface area (Å²) in [5.74, 6) is 1.85. The molecular weight excluding hydrogens is 401 g/mol. The third kappa shape index (κ3) is 5.46. The molecule has 7 heteroatoms. The molecule has 1 aliphatic rings. The van der Waals surface area contributed by atoms with Crippen LogP contribution in [0.25, 0.3) is 11.3 Å². The van der Waals surface area contributed by atoms with E-state index in [1.807, 2.05) is 30.3 Å². The molecule has 0 spiro atoms. The van der Waals surface area contributed by atoms with Gasteiger partial charge in [-0.15, -0.1) is 0 Å². The van der Waals surface area contributed by atoms with Gasteiger partial charge in [-0.25, -0.2) is 14.4 Å². The van der Waals surface area contributed by atoms with Gasteiger partial charge in [-0.1, -0.05) is 29.8 Å². The fraction of sp³-hybridized carbons (Fsp3) is 0.304. The van der Waals surface area contributed by atoms with E-state index in [4.69, 9.17) is 11.6 Å². The van der Waals surface area contributed by atoms with Crippen LogP contribution in [0.3, 0.4) is 0 Å². The summed E-state index contributed by atoms with van der Waals surface area (Å²) in [5, 5.41) is 10.7. The highest BCUT2D eigenvalue weighted by atomic mass is 35.5. The lowest BCUT2D eigenvalue weighted by molar-refractivity contribution is 0.392. The van der Waals surface area contributed by atoms with E-state index < -0.39 is 0 Å². The van der Waals surface area contributed by atoms with Crippen molar-refractivity contribution in [1.82, 2.24) is 15.3 Å². The molecule has 0 radical (unpaired) electrons. The summed E-state index contributed by atoms with van der Waals surface area (Å²) in [6.07, 6.45) is 4.10. The van der Waals surface area contributed by atoms with Crippen LogP contribution in [0.15, 0.2) is 54.7 Å². The Hall–Kier alpha value is -2.70. The second-order valence-electron chi connectivity index (χ2n) is 7.53. The Morgan fingerprint density at radius 1 is 1.10 bits per heavy atom. The molecule has 1 fully saturated rings. The monoisotopic (exact) mass is 425 g/mol. The fourth-order valence-electron chi connectivity index (χ4n) is 3.60. The molecule has 30 heavy (non-hydrogen) atoms. The van der Waals surface area contributed by atoms with Gasteiger partial charge in [0.15, 0.2) is 0 Å². The number of hydrogen-bond donors (Lipinski definition) is 3. The molecule has 1 atom stereocenters. The molecule has 1 aromatic carbocycles. The van der Waals surface area contributed by atoms with Crippen LogP contribution in [-0.2, 0) is 6.54 Å². The maximum atomic E-state index is 13.4. The molecule has 1 aliphatic heterocycles. The predicted molar refractivity (Wildman–Crippen MR) is 120 cm³/mol. The Labute approximate surface area is 181 Å². The van der Waals surface area contributed by atoms with Gasteiger partial charge in [0, 0.05) is 24.8 Å². The van der Waals surface area contributed by atoms with Gasteiger partial charge in [-0.3, -0.25) is 0 Å². The topological polar surface area (TPSA) is 61.9 Å². The number of hydrogen-bond acceptors (Lipinski definition) is 5. The van der Waals surface area contributed by atoms with E-state index in [0.717, 1.165) is 42.3 Å². The van der Waals surface area contributed by atoms with Gasteiger partial charge in [0.25, 0.3) is 0 Å². The summed E-state index contributed by atoms with van der Waals surface area (Å²) in [6, 6.07) is 14.2. The Balaban J connectivity index is 1.45. The quantitative estimate of drug-likeness (QED) is 0.499. The Morgan fingerprint density at radius 3 is 2.83 bits per heavy atom. The second kappa shape index (κ2) is 9.87. The number of nitrogens with zero attached hydrogens (tertiary/aromatic N) is 2. The van der Waals surface area contributed by atoms with E-state index in [2.05, 4.69) is 25.9 Å². The van der Waals surface area contributed by atoms with E-state index in [9.17, 15) is 4.39 Å². The highest BCUT2D eigenvalue weighted by Gasteiger charge is 2.14. The predicted octanol–water partition coefficient (Wildman–Crippen LogP) is 4.96. The fourth-order valence-corrected chi connectivity index (χ4v) is 3.80. The van der Waals surface area contributed by atoms with Crippen molar-refractivity contribution in [1.29, 1.82) is 0 Å². The molecule has 0 bridgehead atoms. The highest BCUT2D eigenvalue weighted by Crippen LogP contribution is 2.29. The number of nitrogens with one attached hydrogen (secondary N) is 3. The van der Waals surface area contributed by atoms with E-state index >= 15 is 0 Å². The van der Waals surface area contributed by atoms with E-state index in [0.29, 0.717) is 23.3 Å². The molecule has 2 aromatic heterocycles. The van der Waals surface area contributed by atoms with E-state index in [-0.39, 0.29) is 5.82 Å². The number of pyridine rings is 2. The molecule has 0 unspecified atom stereocenters. The van der Waals surface area contributed by atoms with Gasteiger partial charge in [-0.05, 0) is 67.7 Å². The van der Waals surface area contributed by atoms with Gasteiger partial charge in [-0.2, -0.15) is 0 Å². The summed E-state index contributed by atoms with van der Waals surface area (Å²) < 4.78 is 13.4. The molecule has 0 saturated carbocycles. The number of rotatable bonds is 7. The lowest BCUT2D eigenvalue weighted by Gasteiger charge is -2.23. The molecule has 3 heterocycles. The van der Waals surface area contributed by atoms with Crippen molar-refractivity contribution >= 4 is 23.2 Å². The summed E-state index contributed by atoms with van der Waals surface area (Å²) >= 11 is 6.42. The molecule has 156 valence electrons. The minimum absolute atomic E-state index is 0.247. The average molecular weight is 426 g/mol. The largest absolute Gasteiger partial charge is 0.370 e. The van der Waals surface area contributed by atoms with Crippen LogP contribution in [0.1, 0.15) is 18.4 Å². The van der Waals surface area contributed by atoms with Gasteiger partial charge in [0.05, 0.1) is 10.7 Å². The molecule has 4 rings (SSSR count). The van der Waals surface area contributed by atoms with Crippen LogP contribution in [0.5, 0.6) is 0 Å². The van der Waals surface area contributed by atoms with Gasteiger partial charge in [0.2, 0.25) is 0 Å². The first-order chi connectivity index (χ1) is 14.7. The Kier molecular flexibility index (Phi) is 6.77.